The fourth-order valence-electron chi connectivity index (χ4n) is 4.04. The van der Waals surface area contributed by atoms with Crippen LogP contribution in [0.3, 0.4) is 0 Å². The second-order valence-electron chi connectivity index (χ2n) is 8.11. The number of carbonyl (C=O) groups excluding carboxylic acids is 1. The summed E-state index contributed by atoms with van der Waals surface area (Å²) in [4.78, 5) is 30.6. The molecule has 1 saturated carbocycles. The molecule has 3 aromatic rings. The van der Waals surface area contributed by atoms with E-state index in [-0.39, 0.29) is 23.3 Å². The van der Waals surface area contributed by atoms with Crippen LogP contribution in [0.4, 0.5) is 0 Å². The third kappa shape index (κ3) is 4.43. The molecule has 1 N–H and O–H groups in total. The number of aryl methyl sites for hydroxylation is 1. The number of carbonyl (C=O) groups is 1. The van der Waals surface area contributed by atoms with Crippen LogP contribution in [0.2, 0.25) is 0 Å². The average Bonchev–Trinajstić information content (AvgIpc) is 2.75. The van der Waals surface area contributed by atoms with Gasteiger partial charge in [0.15, 0.2) is 5.16 Å². The molecule has 2 atom stereocenters. The quantitative estimate of drug-likeness (QED) is 0.487. The predicted octanol–water partition coefficient (Wildman–Crippen LogP) is 4.48. The average molecular weight is 422 g/mol. The van der Waals surface area contributed by atoms with Gasteiger partial charge in [0.05, 0.1) is 22.3 Å². The topological polar surface area (TPSA) is 64.0 Å². The SMILES string of the molecule is Cc1ccc(-n2c(SCC(=O)N[C@@H]3CCCC[C@@H]3C)nc3ccccc3c2=O)cc1. The van der Waals surface area contributed by atoms with Gasteiger partial charge in [0.1, 0.15) is 0 Å². The Balaban J connectivity index is 1.62. The van der Waals surface area contributed by atoms with Crippen molar-refractivity contribution in [3.63, 3.8) is 0 Å². The van der Waals surface area contributed by atoms with E-state index in [9.17, 15) is 9.59 Å². The number of benzene rings is 2. The van der Waals surface area contributed by atoms with Crippen LogP contribution >= 0.6 is 11.8 Å². The number of amides is 1. The van der Waals surface area contributed by atoms with Crippen LogP contribution in [-0.2, 0) is 4.79 Å². The molecule has 1 heterocycles. The van der Waals surface area contributed by atoms with Crippen molar-refractivity contribution >= 4 is 28.6 Å². The summed E-state index contributed by atoms with van der Waals surface area (Å²) in [5.41, 5.74) is 2.41. The van der Waals surface area contributed by atoms with Gasteiger partial charge in [-0.25, -0.2) is 4.98 Å². The summed E-state index contributed by atoms with van der Waals surface area (Å²) in [5, 5.41) is 4.29. The van der Waals surface area contributed by atoms with E-state index in [1.54, 1.807) is 10.6 Å². The van der Waals surface area contributed by atoms with Crippen molar-refractivity contribution < 1.29 is 4.79 Å². The minimum absolute atomic E-state index is 0.00314. The molecule has 1 aliphatic rings. The van der Waals surface area contributed by atoms with Crippen LogP contribution in [0.25, 0.3) is 16.6 Å². The molecular weight excluding hydrogens is 394 g/mol. The van der Waals surface area contributed by atoms with Crippen molar-refractivity contribution in [1.29, 1.82) is 0 Å². The van der Waals surface area contributed by atoms with Gasteiger partial charge in [-0.2, -0.15) is 0 Å². The van der Waals surface area contributed by atoms with Crippen molar-refractivity contribution in [2.24, 2.45) is 5.92 Å². The van der Waals surface area contributed by atoms with E-state index < -0.39 is 0 Å². The first-order valence-corrected chi connectivity index (χ1v) is 11.5. The summed E-state index contributed by atoms with van der Waals surface area (Å²) in [7, 11) is 0. The minimum atomic E-state index is -0.117. The highest BCUT2D eigenvalue weighted by atomic mass is 32.2. The fraction of sp³-hybridized carbons (Fsp3) is 0.375. The Kier molecular flexibility index (Phi) is 6.23. The maximum atomic E-state index is 13.2. The summed E-state index contributed by atoms with van der Waals surface area (Å²) in [6, 6.07) is 15.4. The Bertz CT molecular complexity index is 1110. The van der Waals surface area contributed by atoms with E-state index in [1.807, 2.05) is 49.4 Å². The van der Waals surface area contributed by atoms with Crippen molar-refractivity contribution in [3.05, 3.63) is 64.4 Å². The first-order chi connectivity index (χ1) is 14.5. The molecule has 2 aromatic carbocycles. The lowest BCUT2D eigenvalue weighted by molar-refractivity contribution is -0.119. The van der Waals surface area contributed by atoms with Gasteiger partial charge in [-0.15, -0.1) is 0 Å². The zero-order chi connectivity index (χ0) is 21.1. The van der Waals surface area contributed by atoms with E-state index in [2.05, 4.69) is 12.2 Å². The lowest BCUT2D eigenvalue weighted by Gasteiger charge is -2.29. The van der Waals surface area contributed by atoms with Crippen LogP contribution in [0, 0.1) is 12.8 Å². The highest BCUT2D eigenvalue weighted by Gasteiger charge is 2.23. The molecule has 1 fully saturated rings. The summed E-state index contributed by atoms with van der Waals surface area (Å²) < 4.78 is 1.61. The van der Waals surface area contributed by atoms with Gasteiger partial charge in [0.2, 0.25) is 5.91 Å². The molecular formula is C24H27N3O2S. The molecule has 1 aromatic heterocycles. The minimum Gasteiger partial charge on any atom is -0.352 e. The van der Waals surface area contributed by atoms with Crippen molar-refractivity contribution in [1.82, 2.24) is 14.9 Å². The summed E-state index contributed by atoms with van der Waals surface area (Å²) in [6.45, 7) is 4.22. The maximum Gasteiger partial charge on any atom is 0.266 e. The number of fused-ring (bicyclic) bond motifs is 1. The lowest BCUT2D eigenvalue weighted by atomic mass is 9.86. The van der Waals surface area contributed by atoms with E-state index in [0.717, 1.165) is 24.1 Å². The Morgan fingerprint density at radius 2 is 1.87 bits per heavy atom. The lowest BCUT2D eigenvalue weighted by Crippen LogP contribution is -2.41. The zero-order valence-electron chi connectivity index (χ0n) is 17.4. The molecule has 5 nitrogen and oxygen atoms in total. The first-order valence-electron chi connectivity index (χ1n) is 10.5. The standard InChI is InChI=1S/C24H27N3O2S/c1-16-11-13-18(14-12-16)27-23(29)19-8-4-6-10-21(19)26-24(27)30-15-22(28)25-20-9-5-3-7-17(20)2/h4,6,8,10-14,17,20H,3,5,7,9,15H2,1-2H3,(H,25,28)/t17-,20+/m0/s1. The van der Waals surface area contributed by atoms with Crippen LogP contribution in [0.15, 0.2) is 58.5 Å². The smallest absolute Gasteiger partial charge is 0.266 e. The van der Waals surface area contributed by atoms with Gasteiger partial charge in [0.25, 0.3) is 5.56 Å². The van der Waals surface area contributed by atoms with Crippen LogP contribution in [0.5, 0.6) is 0 Å². The zero-order valence-corrected chi connectivity index (χ0v) is 18.2. The molecule has 0 aliphatic heterocycles. The molecule has 0 saturated heterocycles. The third-order valence-corrected chi connectivity index (χ3v) is 6.77. The van der Waals surface area contributed by atoms with E-state index >= 15 is 0 Å². The van der Waals surface area contributed by atoms with E-state index in [0.29, 0.717) is 22.0 Å². The molecule has 6 heteroatoms. The number of rotatable bonds is 5. The molecule has 0 spiro atoms. The van der Waals surface area contributed by atoms with E-state index in [4.69, 9.17) is 4.98 Å². The summed E-state index contributed by atoms with van der Waals surface area (Å²) >= 11 is 1.31. The number of nitrogens with one attached hydrogen (secondary N) is 1. The number of aromatic nitrogens is 2. The highest BCUT2D eigenvalue weighted by molar-refractivity contribution is 7.99. The van der Waals surface area contributed by atoms with Gasteiger partial charge in [-0.1, -0.05) is 61.4 Å². The Morgan fingerprint density at radius 3 is 2.63 bits per heavy atom. The van der Waals surface area contributed by atoms with Gasteiger partial charge >= 0.3 is 0 Å². The predicted molar refractivity (Wildman–Crippen MR) is 122 cm³/mol. The first kappa shape index (κ1) is 20.7. The second kappa shape index (κ2) is 9.04. The van der Waals surface area contributed by atoms with Crippen molar-refractivity contribution in [2.75, 3.05) is 5.75 Å². The molecule has 1 amide bonds. The molecule has 30 heavy (non-hydrogen) atoms. The highest BCUT2D eigenvalue weighted by Crippen LogP contribution is 2.25. The second-order valence-corrected chi connectivity index (χ2v) is 9.05. The van der Waals surface area contributed by atoms with Crippen LogP contribution < -0.4 is 10.9 Å². The maximum absolute atomic E-state index is 13.2. The van der Waals surface area contributed by atoms with Crippen molar-refractivity contribution in [3.8, 4) is 5.69 Å². The van der Waals surface area contributed by atoms with E-state index in [1.165, 1.54) is 24.6 Å². The number of nitrogens with zero attached hydrogens (tertiary/aromatic N) is 2. The van der Waals surface area contributed by atoms with Crippen LogP contribution in [-0.4, -0.2) is 27.3 Å². The molecule has 1 aliphatic carbocycles. The number of hydrogen-bond acceptors (Lipinski definition) is 4. The largest absolute Gasteiger partial charge is 0.352 e. The number of thioether (sulfide) groups is 1. The molecule has 0 bridgehead atoms. The Morgan fingerprint density at radius 1 is 1.13 bits per heavy atom. The number of hydrogen-bond donors (Lipinski definition) is 1. The van der Waals surface area contributed by atoms with Crippen molar-refractivity contribution in [2.45, 2.75) is 50.7 Å². The number of para-hydroxylation sites is 1. The summed E-state index contributed by atoms with van der Waals surface area (Å²) in [5.74, 6) is 0.744. The normalized spacial score (nSPS) is 19.0. The van der Waals surface area contributed by atoms with Gasteiger partial charge < -0.3 is 5.32 Å². The van der Waals surface area contributed by atoms with Gasteiger partial charge in [0, 0.05) is 6.04 Å². The monoisotopic (exact) mass is 421 g/mol. The Labute approximate surface area is 180 Å². The molecule has 0 unspecified atom stereocenters. The summed E-state index contributed by atoms with van der Waals surface area (Å²) in [6.07, 6.45) is 4.62. The van der Waals surface area contributed by atoms with Gasteiger partial charge in [-0.05, 0) is 49.9 Å². The molecule has 0 radical (unpaired) electrons. The fourth-order valence-corrected chi connectivity index (χ4v) is 4.86. The molecule has 4 rings (SSSR count). The Hall–Kier alpha value is -2.60. The van der Waals surface area contributed by atoms with Crippen LogP contribution in [0.1, 0.15) is 38.2 Å². The third-order valence-electron chi connectivity index (χ3n) is 5.83. The van der Waals surface area contributed by atoms with Gasteiger partial charge in [-0.3, -0.25) is 14.2 Å². The molecule has 156 valence electrons.